The lowest BCUT2D eigenvalue weighted by molar-refractivity contribution is -0.114. The fourth-order valence-corrected chi connectivity index (χ4v) is 3.11. The van der Waals surface area contributed by atoms with Gasteiger partial charge in [0.25, 0.3) is 0 Å². The van der Waals surface area contributed by atoms with Gasteiger partial charge in [-0.05, 0) is 37.3 Å². The molecule has 1 aromatic carbocycles. The highest BCUT2D eigenvalue weighted by Gasteiger charge is 2.13. The summed E-state index contributed by atoms with van der Waals surface area (Å²) in [4.78, 5) is 25.3. The van der Waals surface area contributed by atoms with E-state index in [1.165, 1.54) is 25.1 Å². The molecule has 33 heavy (non-hydrogen) atoms. The number of nitrogens with zero attached hydrogens (tertiary/aromatic N) is 4. The number of ether oxygens (including phenoxy) is 1. The second-order valence-corrected chi connectivity index (χ2v) is 7.19. The summed E-state index contributed by atoms with van der Waals surface area (Å²) in [7, 11) is 0. The summed E-state index contributed by atoms with van der Waals surface area (Å²) in [6.07, 6.45) is 1.54. The molecule has 0 aliphatic heterocycles. The van der Waals surface area contributed by atoms with Crippen molar-refractivity contribution in [3.8, 4) is 22.8 Å². The Hall–Kier alpha value is -3.99. The van der Waals surface area contributed by atoms with Crippen LogP contribution in [0.25, 0.3) is 16.9 Å². The molecule has 4 aromatic rings. The number of aryl methyl sites for hydroxylation is 1. The largest absolute Gasteiger partial charge is 0.435 e. The molecule has 4 rings (SSSR count). The number of carbonyl (C=O) groups is 1. The molecule has 0 atom stereocenters. The highest BCUT2D eigenvalue weighted by atomic mass is 35.5. The highest BCUT2D eigenvalue weighted by Crippen LogP contribution is 2.28. The van der Waals surface area contributed by atoms with E-state index in [1.807, 2.05) is 0 Å². The number of halogens is 3. The van der Waals surface area contributed by atoms with Crippen molar-refractivity contribution >= 4 is 34.7 Å². The van der Waals surface area contributed by atoms with Gasteiger partial charge in [0.15, 0.2) is 22.4 Å². The molecule has 0 fully saturated rings. The van der Waals surface area contributed by atoms with Crippen LogP contribution in [0, 0.1) is 6.92 Å². The van der Waals surface area contributed by atoms with Crippen LogP contribution < -0.4 is 20.4 Å². The van der Waals surface area contributed by atoms with Crippen molar-refractivity contribution < 1.29 is 23.1 Å². The first-order chi connectivity index (χ1) is 15.8. The molecular weight excluding hydrogens is 458 g/mol. The summed E-state index contributed by atoms with van der Waals surface area (Å²) in [5.41, 5.74) is 5.41. The first-order valence-electron chi connectivity index (χ1n) is 9.58. The number of hydrogen-bond donors (Lipinski definition) is 2. The highest BCUT2D eigenvalue weighted by molar-refractivity contribution is 6.32. The van der Waals surface area contributed by atoms with Crippen molar-refractivity contribution in [1.82, 2.24) is 19.6 Å². The van der Waals surface area contributed by atoms with Crippen molar-refractivity contribution in [2.24, 2.45) is 0 Å². The molecular formula is C21H17ClF2N6O3. The van der Waals surface area contributed by atoms with Crippen molar-refractivity contribution in [2.75, 3.05) is 10.8 Å². The van der Waals surface area contributed by atoms with E-state index in [0.29, 0.717) is 34.1 Å². The van der Waals surface area contributed by atoms with Crippen molar-refractivity contribution in [2.45, 2.75) is 20.5 Å². The lowest BCUT2D eigenvalue weighted by atomic mass is 10.2. The lowest BCUT2D eigenvalue weighted by Gasteiger charge is -2.12. The van der Waals surface area contributed by atoms with Crippen LogP contribution >= 0.6 is 11.6 Å². The Morgan fingerprint density at radius 1 is 1.18 bits per heavy atom. The molecule has 1 amide bonds. The number of fused-ring (bicyclic) bond motifs is 1. The SMILES string of the molecule is CC(=O)Nc1nc2ccc(-c3cnc(Cl)c(NOc4cccc(OC(F)F)c4)c3)nn2c1C. The average molecular weight is 475 g/mol. The Balaban J connectivity index is 1.57. The number of nitrogens with one attached hydrogen (secondary N) is 2. The molecule has 0 saturated heterocycles. The molecule has 0 radical (unpaired) electrons. The van der Waals surface area contributed by atoms with Crippen LogP contribution in [0.3, 0.4) is 0 Å². The lowest BCUT2D eigenvalue weighted by Crippen LogP contribution is -2.07. The Morgan fingerprint density at radius 3 is 2.73 bits per heavy atom. The van der Waals surface area contributed by atoms with Gasteiger partial charge in [0.05, 0.1) is 11.4 Å². The molecule has 0 spiro atoms. The number of anilines is 2. The van der Waals surface area contributed by atoms with Crippen LogP contribution in [0.15, 0.2) is 48.7 Å². The Labute approximate surface area is 191 Å². The molecule has 0 aliphatic rings. The average Bonchev–Trinajstić information content (AvgIpc) is 3.07. The van der Waals surface area contributed by atoms with E-state index in [-0.39, 0.29) is 22.6 Å². The van der Waals surface area contributed by atoms with Gasteiger partial charge >= 0.3 is 6.61 Å². The van der Waals surface area contributed by atoms with Crippen LogP contribution in [0.5, 0.6) is 11.5 Å². The standard InChI is InChI=1S/C21H17ClF2N6O3/c1-11-20(26-12(2)31)27-18-7-6-16(28-30(11)18)13-8-17(19(22)25-10-13)29-33-15-5-3-4-14(9-15)32-21(23)24/h3-10,21,29H,1-2H3,(H,26,31). The topological polar surface area (TPSA) is 103 Å². The molecule has 2 N–H and O–H groups in total. The zero-order valence-corrected chi connectivity index (χ0v) is 18.1. The number of amides is 1. The number of alkyl halides is 2. The monoisotopic (exact) mass is 474 g/mol. The molecule has 0 bridgehead atoms. The summed E-state index contributed by atoms with van der Waals surface area (Å²) in [5, 5.41) is 7.36. The Morgan fingerprint density at radius 2 is 1.97 bits per heavy atom. The third kappa shape index (κ3) is 5.09. The van der Waals surface area contributed by atoms with Gasteiger partial charge in [0.2, 0.25) is 5.91 Å². The summed E-state index contributed by atoms with van der Waals surface area (Å²) < 4.78 is 30.8. The van der Waals surface area contributed by atoms with Crippen molar-refractivity contribution in [3.63, 3.8) is 0 Å². The van der Waals surface area contributed by atoms with E-state index in [2.05, 4.69) is 30.6 Å². The van der Waals surface area contributed by atoms with Crippen LogP contribution in [0.2, 0.25) is 5.15 Å². The number of aromatic nitrogens is 4. The number of benzene rings is 1. The first kappa shape index (κ1) is 22.2. The van der Waals surface area contributed by atoms with Crippen LogP contribution in [0.1, 0.15) is 12.6 Å². The van der Waals surface area contributed by atoms with Gasteiger partial charge < -0.3 is 14.9 Å². The third-order valence-corrected chi connectivity index (χ3v) is 4.74. The minimum Gasteiger partial charge on any atom is -0.435 e. The van der Waals surface area contributed by atoms with E-state index in [9.17, 15) is 13.6 Å². The number of pyridine rings is 1. The molecule has 3 aromatic heterocycles. The molecule has 0 unspecified atom stereocenters. The van der Waals surface area contributed by atoms with E-state index >= 15 is 0 Å². The van der Waals surface area contributed by atoms with E-state index < -0.39 is 6.61 Å². The molecule has 0 aliphatic carbocycles. The fourth-order valence-electron chi connectivity index (χ4n) is 2.97. The minimum atomic E-state index is -2.94. The number of hydrogen-bond acceptors (Lipinski definition) is 7. The third-order valence-electron chi connectivity index (χ3n) is 4.44. The zero-order chi connectivity index (χ0) is 23.5. The molecule has 0 saturated carbocycles. The van der Waals surface area contributed by atoms with Crippen LogP contribution in [-0.2, 0) is 4.79 Å². The zero-order valence-electron chi connectivity index (χ0n) is 17.3. The predicted octanol–water partition coefficient (Wildman–Crippen LogP) is 4.72. The van der Waals surface area contributed by atoms with Crippen LogP contribution in [-0.4, -0.2) is 32.1 Å². The van der Waals surface area contributed by atoms with E-state index in [4.69, 9.17) is 16.4 Å². The van der Waals surface area contributed by atoms with Gasteiger partial charge in [-0.3, -0.25) is 4.79 Å². The van der Waals surface area contributed by atoms with Gasteiger partial charge in [-0.25, -0.2) is 20.0 Å². The summed E-state index contributed by atoms with van der Waals surface area (Å²) in [6, 6.07) is 10.9. The summed E-state index contributed by atoms with van der Waals surface area (Å²) in [5.74, 6) is 0.378. The van der Waals surface area contributed by atoms with Gasteiger partial charge in [0, 0.05) is 24.8 Å². The molecule has 170 valence electrons. The quantitative estimate of drug-likeness (QED) is 0.295. The van der Waals surface area contributed by atoms with Gasteiger partial charge in [-0.2, -0.15) is 13.9 Å². The first-order valence-corrected chi connectivity index (χ1v) is 9.95. The van der Waals surface area contributed by atoms with Crippen molar-refractivity contribution in [3.05, 3.63) is 59.5 Å². The van der Waals surface area contributed by atoms with Crippen LogP contribution in [0.4, 0.5) is 20.3 Å². The Kier molecular flexibility index (Phi) is 6.22. The number of rotatable bonds is 7. The smallest absolute Gasteiger partial charge is 0.387 e. The predicted molar refractivity (Wildman–Crippen MR) is 118 cm³/mol. The number of carbonyl (C=O) groups excluding carboxylic acids is 1. The van der Waals surface area contributed by atoms with E-state index in [1.54, 1.807) is 41.9 Å². The second kappa shape index (κ2) is 9.25. The maximum absolute atomic E-state index is 12.4. The van der Waals surface area contributed by atoms with Gasteiger partial charge in [-0.15, -0.1) is 0 Å². The maximum Gasteiger partial charge on any atom is 0.387 e. The summed E-state index contributed by atoms with van der Waals surface area (Å²) >= 11 is 6.17. The summed E-state index contributed by atoms with van der Waals surface area (Å²) in [6.45, 7) is 0.247. The molecule has 3 heterocycles. The molecule has 9 nitrogen and oxygen atoms in total. The normalized spacial score (nSPS) is 11.0. The van der Waals surface area contributed by atoms with Gasteiger partial charge in [-0.1, -0.05) is 17.7 Å². The number of imidazole rings is 1. The van der Waals surface area contributed by atoms with E-state index in [0.717, 1.165) is 0 Å². The van der Waals surface area contributed by atoms with Crippen molar-refractivity contribution in [1.29, 1.82) is 0 Å². The fraction of sp³-hybridized carbons (Fsp3) is 0.143. The minimum absolute atomic E-state index is 0.0471. The van der Waals surface area contributed by atoms with Gasteiger partial charge in [0.1, 0.15) is 11.4 Å². The Bertz CT molecular complexity index is 1330. The second-order valence-electron chi connectivity index (χ2n) is 6.84. The maximum atomic E-state index is 12.4. The molecule has 12 heteroatoms.